The molecule has 0 aliphatic rings. The van der Waals surface area contributed by atoms with Gasteiger partial charge in [-0.05, 0) is 36.4 Å². The maximum Gasteiger partial charge on any atom is 0.348 e. The van der Waals surface area contributed by atoms with Crippen LogP contribution in [0.3, 0.4) is 0 Å². The quantitative estimate of drug-likeness (QED) is 0.754. The third kappa shape index (κ3) is 2.99. The number of anilines is 1. The predicted molar refractivity (Wildman–Crippen MR) is 86.3 cm³/mol. The molecule has 0 aliphatic heterocycles. The molecule has 2 aromatic carbocycles. The van der Waals surface area contributed by atoms with Crippen molar-refractivity contribution in [3.8, 4) is 5.69 Å². The van der Waals surface area contributed by atoms with Crippen LogP contribution in [0.4, 0.5) is 5.69 Å². The van der Waals surface area contributed by atoms with Gasteiger partial charge in [0.1, 0.15) is 0 Å². The van der Waals surface area contributed by atoms with Crippen LogP contribution in [0.1, 0.15) is 10.6 Å². The van der Waals surface area contributed by atoms with E-state index in [1.807, 2.05) is 6.07 Å². The third-order valence-electron chi connectivity index (χ3n) is 2.94. The number of nitrogens with one attached hydrogen (secondary N) is 2. The van der Waals surface area contributed by atoms with Crippen LogP contribution >= 0.6 is 15.9 Å². The average molecular weight is 359 g/mol. The minimum Gasteiger partial charge on any atom is -0.319 e. The number of benzene rings is 2. The Morgan fingerprint density at radius 3 is 2.45 bits per heavy atom. The van der Waals surface area contributed by atoms with Crippen molar-refractivity contribution in [3.05, 3.63) is 75.4 Å². The molecule has 1 amide bonds. The molecule has 3 rings (SSSR count). The van der Waals surface area contributed by atoms with Crippen molar-refractivity contribution in [2.45, 2.75) is 0 Å². The van der Waals surface area contributed by atoms with Gasteiger partial charge in [0.25, 0.3) is 5.91 Å². The molecule has 1 aromatic heterocycles. The number of aromatic amines is 1. The third-order valence-corrected chi connectivity index (χ3v) is 3.46. The molecule has 0 fully saturated rings. The van der Waals surface area contributed by atoms with Gasteiger partial charge in [-0.3, -0.25) is 9.78 Å². The lowest BCUT2D eigenvalue weighted by Crippen LogP contribution is -2.15. The lowest BCUT2D eigenvalue weighted by Gasteiger charge is -2.02. The summed E-state index contributed by atoms with van der Waals surface area (Å²) in [6.07, 6.45) is 0. The summed E-state index contributed by atoms with van der Waals surface area (Å²) in [4.78, 5) is 26.5. The highest BCUT2D eigenvalue weighted by molar-refractivity contribution is 9.10. The summed E-state index contributed by atoms with van der Waals surface area (Å²) in [5.74, 6) is -0.522. The number of amides is 1. The zero-order chi connectivity index (χ0) is 15.5. The Morgan fingerprint density at radius 2 is 1.77 bits per heavy atom. The number of hydrogen-bond donors (Lipinski definition) is 2. The number of hydrogen-bond acceptors (Lipinski definition) is 3. The molecule has 0 radical (unpaired) electrons. The molecule has 2 N–H and O–H groups in total. The maximum atomic E-state index is 12.1. The van der Waals surface area contributed by atoms with Crippen LogP contribution in [0.15, 0.2) is 63.9 Å². The fourth-order valence-corrected chi connectivity index (χ4v) is 2.16. The molecule has 3 aromatic rings. The average Bonchev–Trinajstić information content (AvgIpc) is 2.92. The van der Waals surface area contributed by atoms with E-state index >= 15 is 0 Å². The first-order valence-corrected chi connectivity index (χ1v) is 7.24. The van der Waals surface area contributed by atoms with Crippen molar-refractivity contribution in [2.75, 3.05) is 5.32 Å². The molecule has 6 nitrogen and oxygen atoms in total. The van der Waals surface area contributed by atoms with E-state index in [0.29, 0.717) is 11.4 Å². The molecule has 22 heavy (non-hydrogen) atoms. The van der Waals surface area contributed by atoms with Gasteiger partial charge in [0.15, 0.2) is 0 Å². The Hall–Kier alpha value is -2.67. The zero-order valence-corrected chi connectivity index (χ0v) is 12.9. The second-order valence-electron chi connectivity index (χ2n) is 4.49. The second kappa shape index (κ2) is 5.98. The van der Waals surface area contributed by atoms with Gasteiger partial charge in [0.2, 0.25) is 5.82 Å². The summed E-state index contributed by atoms with van der Waals surface area (Å²) in [5, 5.41) is 6.69. The summed E-state index contributed by atoms with van der Waals surface area (Å²) in [6.45, 7) is 0. The van der Waals surface area contributed by atoms with Gasteiger partial charge >= 0.3 is 5.69 Å². The molecule has 1 heterocycles. The SMILES string of the molecule is O=C(Nc1ccc(Br)cc1)c1nn(-c2ccccc2)c(=O)[nH]1. The predicted octanol–water partition coefficient (Wildman–Crippen LogP) is 2.58. The van der Waals surface area contributed by atoms with E-state index in [1.54, 1.807) is 48.5 Å². The summed E-state index contributed by atoms with van der Waals surface area (Å²) >= 11 is 3.32. The topological polar surface area (TPSA) is 79.8 Å². The Kier molecular flexibility index (Phi) is 3.88. The maximum absolute atomic E-state index is 12.1. The summed E-state index contributed by atoms with van der Waals surface area (Å²) in [7, 11) is 0. The molecule has 0 aliphatic carbocycles. The van der Waals surface area contributed by atoms with Crippen molar-refractivity contribution in [1.82, 2.24) is 14.8 Å². The number of H-pyrrole nitrogens is 1. The van der Waals surface area contributed by atoms with Gasteiger partial charge in [0, 0.05) is 10.2 Å². The van der Waals surface area contributed by atoms with Crippen molar-refractivity contribution < 1.29 is 4.79 Å². The molecule has 0 saturated heterocycles. The van der Waals surface area contributed by atoms with Crippen LogP contribution in [-0.4, -0.2) is 20.7 Å². The Labute approximate surface area is 133 Å². The van der Waals surface area contributed by atoms with Gasteiger partial charge < -0.3 is 5.32 Å². The number of para-hydroxylation sites is 1. The highest BCUT2D eigenvalue weighted by Gasteiger charge is 2.14. The van der Waals surface area contributed by atoms with E-state index in [2.05, 4.69) is 31.3 Å². The van der Waals surface area contributed by atoms with Gasteiger partial charge in [0.05, 0.1) is 5.69 Å². The molecule has 7 heteroatoms. The van der Waals surface area contributed by atoms with Crippen molar-refractivity contribution >= 4 is 27.5 Å². The normalized spacial score (nSPS) is 10.4. The van der Waals surface area contributed by atoms with Crippen molar-refractivity contribution in [3.63, 3.8) is 0 Å². The minimum atomic E-state index is -0.478. The van der Waals surface area contributed by atoms with Crippen LogP contribution < -0.4 is 11.0 Å². The minimum absolute atomic E-state index is 0.0447. The fourth-order valence-electron chi connectivity index (χ4n) is 1.89. The summed E-state index contributed by atoms with van der Waals surface area (Å²) in [6, 6.07) is 16.0. The van der Waals surface area contributed by atoms with Gasteiger partial charge in [-0.15, -0.1) is 5.10 Å². The molecule has 0 atom stereocenters. The number of carbonyl (C=O) groups excluding carboxylic acids is 1. The zero-order valence-electron chi connectivity index (χ0n) is 11.3. The van der Waals surface area contributed by atoms with E-state index in [9.17, 15) is 9.59 Å². The smallest absolute Gasteiger partial charge is 0.319 e. The molecule has 0 spiro atoms. The van der Waals surface area contributed by atoms with E-state index < -0.39 is 11.6 Å². The Morgan fingerprint density at radius 1 is 1.09 bits per heavy atom. The van der Waals surface area contributed by atoms with Gasteiger partial charge in [-0.1, -0.05) is 34.1 Å². The van der Waals surface area contributed by atoms with Crippen molar-refractivity contribution in [1.29, 1.82) is 0 Å². The first kappa shape index (κ1) is 14.3. The summed E-state index contributed by atoms with van der Waals surface area (Å²) in [5.41, 5.74) is 0.738. The molecule has 110 valence electrons. The van der Waals surface area contributed by atoms with E-state index in [0.717, 1.165) is 9.15 Å². The van der Waals surface area contributed by atoms with Crippen LogP contribution in [0.2, 0.25) is 0 Å². The molecular weight excluding hydrogens is 348 g/mol. The summed E-state index contributed by atoms with van der Waals surface area (Å²) < 4.78 is 2.06. The second-order valence-corrected chi connectivity index (χ2v) is 5.40. The van der Waals surface area contributed by atoms with Crippen LogP contribution in [0.25, 0.3) is 5.69 Å². The van der Waals surface area contributed by atoms with E-state index in [-0.39, 0.29) is 5.82 Å². The van der Waals surface area contributed by atoms with E-state index in [1.165, 1.54) is 0 Å². The number of aromatic nitrogens is 3. The lowest BCUT2D eigenvalue weighted by molar-refractivity contribution is 0.101. The highest BCUT2D eigenvalue weighted by atomic mass is 79.9. The standard InChI is InChI=1S/C15H11BrN4O2/c16-10-6-8-11(9-7-10)17-14(21)13-18-15(22)20(19-13)12-4-2-1-3-5-12/h1-9H,(H,17,21)(H,18,19,22). The fraction of sp³-hybridized carbons (Fsp3) is 0. The largest absolute Gasteiger partial charge is 0.348 e. The lowest BCUT2D eigenvalue weighted by atomic mass is 10.3. The van der Waals surface area contributed by atoms with Gasteiger partial charge in [-0.25, -0.2) is 4.79 Å². The highest BCUT2D eigenvalue weighted by Crippen LogP contribution is 2.14. The number of nitrogens with zero attached hydrogens (tertiary/aromatic N) is 2. The molecule has 0 saturated carbocycles. The first-order chi connectivity index (χ1) is 10.6. The van der Waals surface area contributed by atoms with Crippen LogP contribution in [0, 0.1) is 0 Å². The van der Waals surface area contributed by atoms with Crippen LogP contribution in [-0.2, 0) is 0 Å². The Bertz CT molecular complexity index is 853. The van der Waals surface area contributed by atoms with E-state index in [4.69, 9.17) is 0 Å². The molecular formula is C15H11BrN4O2. The van der Waals surface area contributed by atoms with Crippen molar-refractivity contribution in [2.24, 2.45) is 0 Å². The van der Waals surface area contributed by atoms with Gasteiger partial charge in [-0.2, -0.15) is 4.68 Å². The number of rotatable bonds is 3. The Balaban J connectivity index is 1.85. The van der Waals surface area contributed by atoms with Crippen LogP contribution in [0.5, 0.6) is 0 Å². The number of halogens is 1. The number of carbonyl (C=O) groups is 1. The molecule has 0 bridgehead atoms. The first-order valence-electron chi connectivity index (χ1n) is 6.45. The monoisotopic (exact) mass is 358 g/mol. The molecule has 0 unspecified atom stereocenters.